The second-order valence-electron chi connectivity index (χ2n) is 5.10. The third kappa shape index (κ3) is 1.57. The summed E-state index contributed by atoms with van der Waals surface area (Å²) in [5.74, 6) is 0.0557. The van der Waals surface area contributed by atoms with Crippen LogP contribution in [0.4, 0.5) is 0 Å². The highest BCUT2D eigenvalue weighted by Gasteiger charge is 2.71. The van der Waals surface area contributed by atoms with Gasteiger partial charge in [0.2, 0.25) is 0 Å². The average molecular weight is 252 g/mol. The number of carbonyl (C=O) groups excluding carboxylic acids is 1. The van der Waals surface area contributed by atoms with Crippen LogP contribution in [0.25, 0.3) is 0 Å². The number of epoxide rings is 1. The Morgan fingerprint density at radius 2 is 1.32 bits per heavy atom. The summed E-state index contributed by atoms with van der Waals surface area (Å²) < 4.78 is 5.98. The Labute approximate surface area is 113 Å². The molecule has 0 saturated carbocycles. The van der Waals surface area contributed by atoms with E-state index in [-0.39, 0.29) is 5.78 Å². The molecule has 1 fully saturated rings. The third-order valence-corrected chi connectivity index (χ3v) is 4.02. The lowest BCUT2D eigenvalue weighted by atomic mass is 9.80. The van der Waals surface area contributed by atoms with Gasteiger partial charge in [-0.3, -0.25) is 4.79 Å². The first-order valence-corrected chi connectivity index (χ1v) is 6.43. The van der Waals surface area contributed by atoms with Crippen molar-refractivity contribution in [3.63, 3.8) is 0 Å². The normalized spacial score (nSPS) is 23.9. The van der Waals surface area contributed by atoms with E-state index in [0.717, 1.165) is 11.1 Å². The Morgan fingerprint density at radius 3 is 1.63 bits per heavy atom. The molecule has 0 aromatic heterocycles. The molecule has 1 heterocycles. The van der Waals surface area contributed by atoms with E-state index in [4.69, 9.17) is 4.74 Å². The van der Waals surface area contributed by atoms with E-state index in [1.807, 2.05) is 67.6 Å². The standard InChI is InChI=1S/C17H16O2/c1-13(18)16(2)17(19-16,14-9-5-3-6-10-14)15-11-7-4-8-12-15/h3-12H,1-2H3/t16-/m0/s1. The molecule has 0 radical (unpaired) electrons. The van der Waals surface area contributed by atoms with Crippen molar-refractivity contribution in [3.8, 4) is 0 Å². The maximum Gasteiger partial charge on any atom is 0.165 e. The largest absolute Gasteiger partial charge is 0.344 e. The van der Waals surface area contributed by atoms with Crippen LogP contribution < -0.4 is 0 Å². The predicted octanol–water partition coefficient (Wildman–Crippen LogP) is 3.31. The van der Waals surface area contributed by atoms with Gasteiger partial charge in [0.25, 0.3) is 0 Å². The Bertz CT molecular complexity index is 564. The minimum Gasteiger partial charge on any atom is -0.344 e. The fourth-order valence-corrected chi connectivity index (χ4v) is 2.78. The summed E-state index contributed by atoms with van der Waals surface area (Å²) >= 11 is 0. The highest BCUT2D eigenvalue weighted by molar-refractivity contribution is 5.91. The molecule has 2 aromatic carbocycles. The summed E-state index contributed by atoms with van der Waals surface area (Å²) in [6.07, 6.45) is 0. The fourth-order valence-electron chi connectivity index (χ4n) is 2.78. The van der Waals surface area contributed by atoms with Gasteiger partial charge >= 0.3 is 0 Å². The van der Waals surface area contributed by atoms with Gasteiger partial charge in [-0.15, -0.1) is 0 Å². The molecule has 0 bridgehead atoms. The third-order valence-electron chi connectivity index (χ3n) is 4.02. The van der Waals surface area contributed by atoms with Crippen LogP contribution in [0.3, 0.4) is 0 Å². The molecular weight excluding hydrogens is 236 g/mol. The van der Waals surface area contributed by atoms with Crippen LogP contribution in [-0.2, 0) is 15.1 Å². The second kappa shape index (κ2) is 4.04. The molecule has 1 aliphatic heterocycles. The SMILES string of the molecule is CC(=O)[C@]1(C)OC1(c1ccccc1)c1ccccc1. The van der Waals surface area contributed by atoms with Crippen LogP contribution in [-0.4, -0.2) is 11.4 Å². The maximum absolute atomic E-state index is 12.0. The van der Waals surface area contributed by atoms with Gasteiger partial charge in [-0.25, -0.2) is 0 Å². The highest BCUT2D eigenvalue weighted by Crippen LogP contribution is 2.60. The predicted molar refractivity (Wildman–Crippen MR) is 73.8 cm³/mol. The lowest BCUT2D eigenvalue weighted by Crippen LogP contribution is -2.29. The van der Waals surface area contributed by atoms with Crippen LogP contribution in [0.5, 0.6) is 0 Å². The van der Waals surface area contributed by atoms with Gasteiger partial charge < -0.3 is 4.74 Å². The lowest BCUT2D eigenvalue weighted by molar-refractivity contribution is -0.121. The highest BCUT2D eigenvalue weighted by atomic mass is 16.6. The van der Waals surface area contributed by atoms with Crippen molar-refractivity contribution in [1.82, 2.24) is 0 Å². The molecule has 2 heteroatoms. The smallest absolute Gasteiger partial charge is 0.165 e. The van der Waals surface area contributed by atoms with E-state index in [1.165, 1.54) is 0 Å². The number of hydrogen-bond donors (Lipinski definition) is 0. The van der Waals surface area contributed by atoms with Crippen LogP contribution in [0.15, 0.2) is 60.7 Å². The molecule has 0 spiro atoms. The number of hydrogen-bond acceptors (Lipinski definition) is 2. The Morgan fingerprint density at radius 1 is 0.895 bits per heavy atom. The Balaban J connectivity index is 2.18. The van der Waals surface area contributed by atoms with Crippen LogP contribution in [0.1, 0.15) is 25.0 Å². The van der Waals surface area contributed by atoms with Gasteiger partial charge in [-0.05, 0) is 25.0 Å². The van der Waals surface area contributed by atoms with E-state index >= 15 is 0 Å². The monoisotopic (exact) mass is 252 g/mol. The lowest BCUT2D eigenvalue weighted by Gasteiger charge is -2.17. The summed E-state index contributed by atoms with van der Waals surface area (Å²) in [5.41, 5.74) is 0.648. The Hall–Kier alpha value is -1.93. The van der Waals surface area contributed by atoms with Crippen molar-refractivity contribution in [2.45, 2.75) is 25.0 Å². The summed E-state index contributed by atoms with van der Waals surface area (Å²) in [4.78, 5) is 12.0. The molecule has 0 unspecified atom stereocenters. The molecule has 2 nitrogen and oxygen atoms in total. The molecule has 1 saturated heterocycles. The number of carbonyl (C=O) groups is 1. The van der Waals surface area contributed by atoms with Crippen molar-refractivity contribution in [2.24, 2.45) is 0 Å². The van der Waals surface area contributed by atoms with E-state index in [1.54, 1.807) is 6.92 Å². The molecular formula is C17H16O2. The number of ketones is 1. The van der Waals surface area contributed by atoms with Gasteiger partial charge in [0.1, 0.15) is 0 Å². The first-order chi connectivity index (χ1) is 9.11. The van der Waals surface area contributed by atoms with Crippen molar-refractivity contribution in [3.05, 3.63) is 71.8 Å². The summed E-state index contributed by atoms with van der Waals surface area (Å²) in [5, 5.41) is 0. The van der Waals surface area contributed by atoms with E-state index in [2.05, 4.69) is 0 Å². The van der Waals surface area contributed by atoms with Crippen LogP contribution >= 0.6 is 0 Å². The van der Waals surface area contributed by atoms with E-state index < -0.39 is 11.2 Å². The van der Waals surface area contributed by atoms with Crippen LogP contribution in [0.2, 0.25) is 0 Å². The average Bonchev–Trinajstić information content (AvgIpc) is 3.10. The van der Waals surface area contributed by atoms with E-state index in [0.29, 0.717) is 0 Å². The van der Waals surface area contributed by atoms with E-state index in [9.17, 15) is 4.79 Å². The Kier molecular flexibility index (Phi) is 2.58. The van der Waals surface area contributed by atoms with Gasteiger partial charge in [-0.2, -0.15) is 0 Å². The fraction of sp³-hybridized carbons (Fsp3) is 0.235. The number of rotatable bonds is 3. The van der Waals surface area contributed by atoms with Crippen LogP contribution in [0, 0.1) is 0 Å². The van der Waals surface area contributed by atoms with Gasteiger partial charge in [0.15, 0.2) is 17.0 Å². The van der Waals surface area contributed by atoms with Gasteiger partial charge in [0.05, 0.1) is 0 Å². The molecule has 0 amide bonds. The second-order valence-corrected chi connectivity index (χ2v) is 5.10. The minimum atomic E-state index is -0.768. The maximum atomic E-state index is 12.0. The zero-order valence-corrected chi connectivity index (χ0v) is 11.1. The number of benzene rings is 2. The zero-order chi connectivity index (χ0) is 13.5. The topological polar surface area (TPSA) is 29.6 Å². The molecule has 0 aliphatic carbocycles. The molecule has 1 atom stereocenters. The van der Waals surface area contributed by atoms with Crippen molar-refractivity contribution < 1.29 is 9.53 Å². The molecule has 3 rings (SSSR count). The number of Topliss-reactive ketones (excluding diaryl/α,β-unsaturated/α-hetero) is 1. The first-order valence-electron chi connectivity index (χ1n) is 6.43. The minimum absolute atomic E-state index is 0.0557. The first kappa shape index (κ1) is 12.1. The van der Waals surface area contributed by atoms with Crippen molar-refractivity contribution in [2.75, 3.05) is 0 Å². The molecule has 1 aliphatic rings. The molecule has 19 heavy (non-hydrogen) atoms. The zero-order valence-electron chi connectivity index (χ0n) is 11.1. The van der Waals surface area contributed by atoms with Gasteiger partial charge in [0, 0.05) is 0 Å². The van der Waals surface area contributed by atoms with Crippen molar-refractivity contribution in [1.29, 1.82) is 0 Å². The van der Waals surface area contributed by atoms with Gasteiger partial charge in [-0.1, -0.05) is 60.7 Å². The summed E-state index contributed by atoms with van der Waals surface area (Å²) in [6.45, 7) is 3.46. The summed E-state index contributed by atoms with van der Waals surface area (Å²) in [7, 11) is 0. The van der Waals surface area contributed by atoms with Crippen molar-refractivity contribution >= 4 is 5.78 Å². The molecule has 0 N–H and O–H groups in total. The number of ether oxygens (including phenoxy) is 1. The molecule has 96 valence electrons. The summed E-state index contributed by atoms with van der Waals surface area (Å²) in [6, 6.07) is 19.9. The molecule has 2 aromatic rings. The quantitative estimate of drug-likeness (QED) is 0.784.